The van der Waals surface area contributed by atoms with Crippen molar-refractivity contribution in [2.75, 3.05) is 6.61 Å². The first kappa shape index (κ1) is 11.9. The van der Waals surface area contributed by atoms with Crippen LogP contribution in [0.1, 0.15) is 19.3 Å². The van der Waals surface area contributed by atoms with Crippen molar-refractivity contribution in [3.63, 3.8) is 0 Å². The minimum atomic E-state index is -1.04. The van der Waals surface area contributed by atoms with Crippen LogP contribution in [0.4, 0.5) is 0 Å². The maximum absolute atomic E-state index is 8.82. The first-order valence-electron chi connectivity index (χ1n) is 4.84. The molecule has 0 atom stereocenters. The van der Waals surface area contributed by atoms with E-state index < -0.39 is 8.07 Å². The van der Waals surface area contributed by atoms with E-state index in [0.29, 0.717) is 6.61 Å². The van der Waals surface area contributed by atoms with Crippen molar-refractivity contribution < 1.29 is 5.11 Å². The number of allylic oxidation sites excluding steroid dienone is 1. The van der Waals surface area contributed by atoms with Crippen LogP contribution >= 0.6 is 0 Å². The molecule has 1 N–H and O–H groups in total. The Kier molecular flexibility index (Phi) is 6.39. The summed E-state index contributed by atoms with van der Waals surface area (Å²) in [5.41, 5.74) is 0. The first-order valence-corrected chi connectivity index (χ1v) is 8.25. The van der Waals surface area contributed by atoms with Crippen LogP contribution in [-0.2, 0) is 0 Å². The Morgan fingerprint density at radius 2 is 1.92 bits per heavy atom. The molecule has 0 aliphatic rings. The number of hydrogen-bond donors (Lipinski definition) is 1. The van der Waals surface area contributed by atoms with Crippen LogP contribution in [-0.4, -0.2) is 19.8 Å². The maximum atomic E-state index is 8.82. The number of unbranched alkanes of at least 4 members (excludes halogenated alkanes) is 2. The Bertz CT molecular complexity index is 121. The lowest BCUT2D eigenvalue weighted by atomic mass is 10.2. The van der Waals surface area contributed by atoms with E-state index in [9.17, 15) is 0 Å². The van der Waals surface area contributed by atoms with Crippen LogP contribution in [0.25, 0.3) is 0 Å². The van der Waals surface area contributed by atoms with Gasteiger partial charge in [0.15, 0.2) is 0 Å². The second-order valence-electron chi connectivity index (χ2n) is 4.17. The van der Waals surface area contributed by atoms with Gasteiger partial charge < -0.3 is 5.11 Å². The third-order valence-electron chi connectivity index (χ3n) is 2.30. The summed E-state index contributed by atoms with van der Waals surface area (Å²) in [7, 11) is -1.04. The molecule has 0 aliphatic heterocycles. The molecule has 0 unspecified atom stereocenters. The lowest BCUT2D eigenvalue weighted by Crippen LogP contribution is -2.25. The van der Waals surface area contributed by atoms with Gasteiger partial charge in [0.2, 0.25) is 0 Å². The van der Waals surface area contributed by atoms with Gasteiger partial charge in [-0.3, -0.25) is 0 Å². The Labute approximate surface area is 77.5 Å². The van der Waals surface area contributed by atoms with Crippen LogP contribution < -0.4 is 0 Å². The fourth-order valence-corrected chi connectivity index (χ4v) is 3.38. The van der Waals surface area contributed by atoms with Crippen molar-refractivity contribution in [3.05, 3.63) is 12.7 Å². The van der Waals surface area contributed by atoms with Crippen molar-refractivity contribution >= 4 is 8.07 Å². The molecule has 2 heteroatoms. The molecule has 0 aromatic heterocycles. The highest BCUT2D eigenvalue weighted by Gasteiger charge is 2.18. The molecule has 0 saturated heterocycles. The predicted molar refractivity (Wildman–Crippen MR) is 58.2 cm³/mol. The zero-order valence-electron chi connectivity index (χ0n) is 8.47. The van der Waals surface area contributed by atoms with Gasteiger partial charge in [-0.2, -0.15) is 0 Å². The van der Waals surface area contributed by atoms with Gasteiger partial charge in [0, 0.05) is 14.7 Å². The highest BCUT2D eigenvalue weighted by molar-refractivity contribution is 6.77. The maximum Gasteiger partial charge on any atom is 0.0496 e. The average molecular weight is 186 g/mol. The molecule has 0 aromatic rings. The van der Waals surface area contributed by atoms with E-state index in [1.807, 2.05) is 6.08 Å². The van der Waals surface area contributed by atoms with Crippen molar-refractivity contribution in [2.24, 2.45) is 0 Å². The fraction of sp³-hybridized carbons (Fsp3) is 0.800. The molecule has 0 aliphatic carbocycles. The quantitative estimate of drug-likeness (QED) is 0.368. The first-order chi connectivity index (χ1) is 5.62. The van der Waals surface area contributed by atoms with Gasteiger partial charge >= 0.3 is 0 Å². The topological polar surface area (TPSA) is 20.2 Å². The third kappa shape index (κ3) is 6.62. The molecule has 1 nitrogen and oxygen atoms in total. The molecule has 0 fully saturated rings. The second-order valence-corrected chi connectivity index (χ2v) is 9.50. The molecule has 0 saturated carbocycles. The molecule has 0 rings (SSSR count). The summed E-state index contributed by atoms with van der Waals surface area (Å²) in [6.07, 6.45) is 5.71. The van der Waals surface area contributed by atoms with E-state index >= 15 is 0 Å². The predicted octanol–water partition coefficient (Wildman–Crippen LogP) is 3.04. The summed E-state index contributed by atoms with van der Waals surface area (Å²) in [5, 5.41) is 8.82. The van der Waals surface area contributed by atoms with Crippen molar-refractivity contribution in [3.8, 4) is 0 Å². The molecule has 0 radical (unpaired) electrons. The van der Waals surface area contributed by atoms with Crippen LogP contribution in [0, 0.1) is 0 Å². The molecule has 12 heavy (non-hydrogen) atoms. The molecule has 0 bridgehead atoms. The molecule has 0 spiro atoms. The Morgan fingerprint density at radius 3 is 2.42 bits per heavy atom. The fourth-order valence-electron chi connectivity index (χ4n) is 1.32. The minimum Gasteiger partial charge on any atom is -0.397 e. The molecular formula is C10H22OSi. The third-order valence-corrected chi connectivity index (χ3v) is 5.58. The monoisotopic (exact) mass is 186 g/mol. The Hall–Kier alpha value is -0.0831. The molecule has 0 aromatic carbocycles. The second kappa shape index (κ2) is 6.43. The number of aliphatic hydroxyl groups excluding tert-OH is 1. The highest BCUT2D eigenvalue weighted by Crippen LogP contribution is 2.18. The van der Waals surface area contributed by atoms with Gasteiger partial charge in [-0.15, -0.1) is 6.58 Å². The van der Waals surface area contributed by atoms with Crippen molar-refractivity contribution in [1.82, 2.24) is 0 Å². The Morgan fingerprint density at radius 1 is 1.25 bits per heavy atom. The normalized spacial score (nSPS) is 11.6. The molecule has 0 heterocycles. The summed E-state index contributed by atoms with van der Waals surface area (Å²) in [6, 6.07) is 2.41. The van der Waals surface area contributed by atoms with Gasteiger partial charge in [-0.1, -0.05) is 38.1 Å². The van der Waals surface area contributed by atoms with E-state index in [1.165, 1.54) is 18.9 Å². The van der Waals surface area contributed by atoms with Crippen molar-refractivity contribution in [1.29, 1.82) is 0 Å². The van der Waals surface area contributed by atoms with Crippen LogP contribution in [0.3, 0.4) is 0 Å². The smallest absolute Gasteiger partial charge is 0.0496 e. The zero-order chi connectivity index (χ0) is 9.45. The molecule has 0 amide bonds. The minimum absolute atomic E-state index is 0.376. The average Bonchev–Trinajstić information content (AvgIpc) is 1.98. The van der Waals surface area contributed by atoms with Crippen LogP contribution in [0.15, 0.2) is 12.7 Å². The summed E-state index contributed by atoms with van der Waals surface area (Å²) < 4.78 is 0. The van der Waals surface area contributed by atoms with Crippen LogP contribution in [0.2, 0.25) is 25.2 Å². The Balaban J connectivity index is 3.39. The summed E-state index contributed by atoms with van der Waals surface area (Å²) in [6.45, 7) is 8.79. The lowest BCUT2D eigenvalue weighted by molar-refractivity contribution is 0.316. The van der Waals surface area contributed by atoms with Gasteiger partial charge in [0.1, 0.15) is 0 Å². The zero-order valence-corrected chi connectivity index (χ0v) is 9.47. The SMILES string of the molecule is C=CCCCC[Si](C)(C)CCO. The van der Waals surface area contributed by atoms with E-state index in [2.05, 4.69) is 19.7 Å². The van der Waals surface area contributed by atoms with E-state index in [4.69, 9.17) is 5.11 Å². The van der Waals surface area contributed by atoms with Gasteiger partial charge in [0.05, 0.1) is 0 Å². The lowest BCUT2D eigenvalue weighted by Gasteiger charge is -2.20. The van der Waals surface area contributed by atoms with Gasteiger partial charge in [0.25, 0.3) is 0 Å². The highest BCUT2D eigenvalue weighted by atomic mass is 28.3. The summed E-state index contributed by atoms with van der Waals surface area (Å²) in [5.74, 6) is 0. The molecule has 72 valence electrons. The van der Waals surface area contributed by atoms with Crippen molar-refractivity contribution in [2.45, 2.75) is 44.4 Å². The van der Waals surface area contributed by atoms with E-state index in [1.54, 1.807) is 0 Å². The van der Waals surface area contributed by atoms with E-state index in [0.717, 1.165) is 12.5 Å². The largest absolute Gasteiger partial charge is 0.397 e. The number of rotatable bonds is 7. The number of hydrogen-bond acceptors (Lipinski definition) is 1. The summed E-state index contributed by atoms with van der Waals surface area (Å²) >= 11 is 0. The number of aliphatic hydroxyl groups is 1. The van der Waals surface area contributed by atoms with Crippen LogP contribution in [0.5, 0.6) is 0 Å². The van der Waals surface area contributed by atoms with Gasteiger partial charge in [-0.05, 0) is 12.5 Å². The van der Waals surface area contributed by atoms with E-state index in [-0.39, 0.29) is 0 Å². The standard InChI is InChI=1S/C10H22OSi/c1-4-5-6-7-9-12(2,3)10-8-11/h4,11H,1,5-10H2,2-3H3. The van der Waals surface area contributed by atoms with Gasteiger partial charge in [-0.25, -0.2) is 0 Å². The molecular weight excluding hydrogens is 164 g/mol. The summed E-state index contributed by atoms with van der Waals surface area (Å²) in [4.78, 5) is 0.